The first kappa shape index (κ1) is 17.7. The molecule has 0 atom stereocenters. The van der Waals surface area contributed by atoms with Crippen molar-refractivity contribution in [1.82, 2.24) is 4.90 Å². The Balaban J connectivity index is 1.98. The first-order chi connectivity index (χ1) is 10.9. The Morgan fingerprint density at radius 2 is 1.74 bits per heavy atom. The zero-order valence-corrected chi connectivity index (χ0v) is 15.7. The number of hydrogen-bond acceptors (Lipinski definition) is 2. The van der Waals surface area contributed by atoms with Crippen LogP contribution in [0.15, 0.2) is 40.9 Å². The lowest BCUT2D eigenvalue weighted by atomic mass is 10.1. The van der Waals surface area contributed by atoms with Crippen LogP contribution in [0.25, 0.3) is 0 Å². The van der Waals surface area contributed by atoms with Crippen LogP contribution in [0, 0.1) is 20.8 Å². The second-order valence-corrected chi connectivity index (χ2v) is 6.94. The third-order valence-electron chi connectivity index (χ3n) is 3.75. The fraction of sp³-hybridized carbons (Fsp3) is 0.316. The van der Waals surface area contributed by atoms with Crippen molar-refractivity contribution < 1.29 is 4.79 Å². The smallest absolute Gasteiger partial charge is 0.238 e. The summed E-state index contributed by atoms with van der Waals surface area (Å²) in [5, 5.41) is 3.04. The fourth-order valence-corrected chi connectivity index (χ4v) is 3.18. The lowest BCUT2D eigenvalue weighted by Crippen LogP contribution is -2.30. The van der Waals surface area contributed by atoms with E-state index in [2.05, 4.69) is 46.4 Å². The van der Waals surface area contributed by atoms with E-state index in [1.165, 1.54) is 11.1 Å². The summed E-state index contributed by atoms with van der Waals surface area (Å²) in [6, 6.07) is 12.3. The Morgan fingerprint density at radius 1 is 1.13 bits per heavy atom. The topological polar surface area (TPSA) is 32.3 Å². The van der Waals surface area contributed by atoms with Crippen LogP contribution in [0.5, 0.6) is 0 Å². The lowest BCUT2D eigenvalue weighted by molar-refractivity contribution is -0.117. The van der Waals surface area contributed by atoms with Gasteiger partial charge in [0.25, 0.3) is 0 Å². The van der Waals surface area contributed by atoms with E-state index in [0.717, 1.165) is 27.8 Å². The summed E-state index contributed by atoms with van der Waals surface area (Å²) in [7, 11) is 1.95. The predicted octanol–water partition coefficient (Wildman–Crippen LogP) is 4.44. The zero-order chi connectivity index (χ0) is 17.0. The van der Waals surface area contributed by atoms with Gasteiger partial charge in [0.15, 0.2) is 0 Å². The maximum absolute atomic E-state index is 12.3. The minimum absolute atomic E-state index is 0.00890. The van der Waals surface area contributed by atoms with Gasteiger partial charge in [-0.25, -0.2) is 0 Å². The van der Waals surface area contributed by atoms with Gasteiger partial charge in [0.1, 0.15) is 0 Å². The normalized spacial score (nSPS) is 10.9. The van der Waals surface area contributed by atoms with E-state index in [-0.39, 0.29) is 5.91 Å². The number of anilines is 1. The molecule has 2 aromatic carbocycles. The van der Waals surface area contributed by atoms with Gasteiger partial charge in [0.05, 0.1) is 6.54 Å². The summed E-state index contributed by atoms with van der Waals surface area (Å²) in [5.41, 5.74) is 5.51. The highest BCUT2D eigenvalue weighted by Gasteiger charge is 2.11. The molecule has 0 aliphatic carbocycles. The van der Waals surface area contributed by atoms with Crippen LogP contribution in [0.3, 0.4) is 0 Å². The van der Waals surface area contributed by atoms with Crippen LogP contribution < -0.4 is 5.32 Å². The number of halogens is 1. The lowest BCUT2D eigenvalue weighted by Gasteiger charge is -2.18. The van der Waals surface area contributed by atoms with Gasteiger partial charge < -0.3 is 5.32 Å². The second-order valence-electron chi connectivity index (χ2n) is 6.09. The summed E-state index contributed by atoms with van der Waals surface area (Å²) in [6.07, 6.45) is 0. The molecule has 0 aliphatic rings. The molecule has 4 heteroatoms. The van der Waals surface area contributed by atoms with Gasteiger partial charge in [0.2, 0.25) is 5.91 Å². The molecule has 2 rings (SSSR count). The number of hydrogen-bond donors (Lipinski definition) is 1. The molecule has 2 aromatic rings. The van der Waals surface area contributed by atoms with Gasteiger partial charge in [0, 0.05) is 16.7 Å². The summed E-state index contributed by atoms with van der Waals surface area (Å²) >= 11 is 3.54. The minimum atomic E-state index is 0.00890. The number of aryl methyl sites for hydroxylation is 3. The summed E-state index contributed by atoms with van der Waals surface area (Å²) < 4.78 is 1.07. The molecule has 0 aliphatic heterocycles. The molecule has 0 bridgehead atoms. The van der Waals surface area contributed by atoms with Crippen molar-refractivity contribution in [2.24, 2.45) is 0 Å². The number of likely N-dealkylation sites (N-methyl/N-ethyl adjacent to an activating group) is 1. The van der Waals surface area contributed by atoms with Crippen molar-refractivity contribution in [2.75, 3.05) is 18.9 Å². The van der Waals surface area contributed by atoms with E-state index in [1.807, 2.05) is 44.0 Å². The van der Waals surface area contributed by atoms with Gasteiger partial charge in [-0.2, -0.15) is 0 Å². The van der Waals surface area contributed by atoms with Gasteiger partial charge in [-0.3, -0.25) is 9.69 Å². The number of nitrogens with one attached hydrogen (secondary N) is 1. The van der Waals surface area contributed by atoms with E-state index in [9.17, 15) is 4.79 Å². The molecule has 0 saturated carbocycles. The Bertz CT molecular complexity index is 689. The number of benzene rings is 2. The molecule has 0 fully saturated rings. The summed E-state index contributed by atoms with van der Waals surface area (Å²) in [6.45, 7) is 7.20. The van der Waals surface area contributed by atoms with Crippen molar-refractivity contribution in [3.63, 3.8) is 0 Å². The first-order valence-electron chi connectivity index (χ1n) is 7.66. The van der Waals surface area contributed by atoms with E-state index in [1.54, 1.807) is 0 Å². The van der Waals surface area contributed by atoms with Crippen molar-refractivity contribution in [2.45, 2.75) is 27.3 Å². The standard InChI is InChI=1S/C19H23BrN2O/c1-13-9-14(2)19(15(3)10-13)21-18(23)12-22(4)11-16-7-5-6-8-17(16)20/h5-10H,11-12H2,1-4H3,(H,21,23). The van der Waals surface area contributed by atoms with E-state index >= 15 is 0 Å². The molecule has 1 amide bonds. The van der Waals surface area contributed by atoms with E-state index < -0.39 is 0 Å². The highest BCUT2D eigenvalue weighted by Crippen LogP contribution is 2.22. The van der Waals surface area contributed by atoms with E-state index in [4.69, 9.17) is 0 Å². The molecule has 0 saturated heterocycles. The molecular formula is C19H23BrN2O. The zero-order valence-electron chi connectivity index (χ0n) is 14.1. The highest BCUT2D eigenvalue weighted by molar-refractivity contribution is 9.10. The fourth-order valence-electron chi connectivity index (χ4n) is 2.77. The Hall–Kier alpha value is -1.65. The number of amides is 1. The minimum Gasteiger partial charge on any atom is -0.324 e. The maximum Gasteiger partial charge on any atom is 0.238 e. The quantitative estimate of drug-likeness (QED) is 0.838. The van der Waals surface area contributed by atoms with Gasteiger partial charge in [-0.15, -0.1) is 0 Å². The van der Waals surface area contributed by atoms with Crippen LogP contribution in [0.4, 0.5) is 5.69 Å². The van der Waals surface area contributed by atoms with Crippen LogP contribution in [-0.2, 0) is 11.3 Å². The predicted molar refractivity (Wildman–Crippen MR) is 99.8 cm³/mol. The van der Waals surface area contributed by atoms with Crippen LogP contribution >= 0.6 is 15.9 Å². The molecular weight excluding hydrogens is 352 g/mol. The molecule has 0 heterocycles. The average molecular weight is 375 g/mol. The van der Waals surface area contributed by atoms with Gasteiger partial charge in [-0.05, 0) is 50.6 Å². The number of rotatable bonds is 5. The Kier molecular flexibility index (Phi) is 5.97. The summed E-state index contributed by atoms with van der Waals surface area (Å²) in [5.74, 6) is 0.00890. The van der Waals surface area contributed by atoms with Crippen molar-refractivity contribution in [3.8, 4) is 0 Å². The Labute approximate surface area is 146 Å². The maximum atomic E-state index is 12.3. The molecule has 0 unspecified atom stereocenters. The molecule has 122 valence electrons. The number of carbonyl (C=O) groups is 1. The van der Waals surface area contributed by atoms with Crippen molar-refractivity contribution in [3.05, 3.63) is 63.1 Å². The van der Waals surface area contributed by atoms with Crippen LogP contribution in [0.1, 0.15) is 22.3 Å². The van der Waals surface area contributed by atoms with E-state index in [0.29, 0.717) is 6.54 Å². The van der Waals surface area contributed by atoms with Crippen LogP contribution in [-0.4, -0.2) is 24.4 Å². The highest BCUT2D eigenvalue weighted by atomic mass is 79.9. The molecule has 23 heavy (non-hydrogen) atoms. The molecule has 0 radical (unpaired) electrons. The van der Waals surface area contributed by atoms with Gasteiger partial charge in [-0.1, -0.05) is 51.8 Å². The summed E-state index contributed by atoms with van der Waals surface area (Å²) in [4.78, 5) is 14.3. The SMILES string of the molecule is Cc1cc(C)c(NC(=O)CN(C)Cc2ccccc2Br)c(C)c1. The second kappa shape index (κ2) is 7.75. The number of nitrogens with zero attached hydrogens (tertiary/aromatic N) is 1. The number of carbonyl (C=O) groups excluding carboxylic acids is 1. The average Bonchev–Trinajstić information content (AvgIpc) is 2.45. The monoisotopic (exact) mass is 374 g/mol. The largest absolute Gasteiger partial charge is 0.324 e. The molecule has 0 spiro atoms. The third kappa shape index (κ3) is 4.91. The first-order valence-corrected chi connectivity index (χ1v) is 8.45. The molecule has 1 N–H and O–H groups in total. The third-order valence-corrected chi connectivity index (χ3v) is 4.53. The van der Waals surface area contributed by atoms with Crippen LogP contribution in [0.2, 0.25) is 0 Å². The van der Waals surface area contributed by atoms with Crippen molar-refractivity contribution in [1.29, 1.82) is 0 Å². The molecule has 0 aromatic heterocycles. The van der Waals surface area contributed by atoms with Crippen molar-refractivity contribution >= 4 is 27.5 Å². The Morgan fingerprint density at radius 3 is 2.35 bits per heavy atom. The molecule has 3 nitrogen and oxygen atoms in total. The van der Waals surface area contributed by atoms with Gasteiger partial charge >= 0.3 is 0 Å².